The summed E-state index contributed by atoms with van der Waals surface area (Å²) >= 11 is 0. The first-order valence-corrected chi connectivity index (χ1v) is 7.08. The van der Waals surface area contributed by atoms with E-state index in [0.717, 1.165) is 43.4 Å². The average Bonchev–Trinajstić information content (AvgIpc) is 2.83. The van der Waals surface area contributed by atoms with Crippen LogP contribution >= 0.6 is 0 Å². The number of phenols is 1. The predicted molar refractivity (Wildman–Crippen MR) is 74.5 cm³/mol. The van der Waals surface area contributed by atoms with Crippen molar-refractivity contribution in [3.05, 3.63) is 23.8 Å². The molecule has 2 aliphatic heterocycles. The van der Waals surface area contributed by atoms with E-state index >= 15 is 0 Å². The van der Waals surface area contributed by atoms with E-state index in [9.17, 15) is 5.11 Å². The number of benzene rings is 1. The monoisotopic (exact) mass is 262 g/mol. The Morgan fingerprint density at radius 3 is 3.11 bits per heavy atom. The van der Waals surface area contributed by atoms with Gasteiger partial charge in [-0.2, -0.15) is 0 Å². The molecular formula is C15H22N2O2. The number of ether oxygens (including phenoxy) is 1. The smallest absolute Gasteiger partial charge is 0.120 e. The third kappa shape index (κ3) is 2.69. The molecule has 0 radical (unpaired) electrons. The zero-order valence-electron chi connectivity index (χ0n) is 11.4. The van der Waals surface area contributed by atoms with Gasteiger partial charge in [0.2, 0.25) is 0 Å². The number of aromatic hydroxyl groups is 1. The van der Waals surface area contributed by atoms with Crippen LogP contribution < -0.4 is 10.1 Å². The SMILES string of the molecule is COc1ccc(O)c(CN2CC3CCCNC3C2)c1. The first-order valence-electron chi connectivity index (χ1n) is 7.08. The van der Waals surface area contributed by atoms with Crippen LogP contribution in [0.15, 0.2) is 18.2 Å². The van der Waals surface area contributed by atoms with E-state index in [1.54, 1.807) is 19.2 Å². The van der Waals surface area contributed by atoms with Crippen LogP contribution in [0.3, 0.4) is 0 Å². The summed E-state index contributed by atoms with van der Waals surface area (Å²) in [5, 5.41) is 13.6. The Morgan fingerprint density at radius 2 is 2.32 bits per heavy atom. The molecule has 0 spiro atoms. The molecule has 2 atom stereocenters. The summed E-state index contributed by atoms with van der Waals surface area (Å²) in [6.45, 7) is 4.17. The van der Waals surface area contributed by atoms with Crippen LogP contribution in [0.25, 0.3) is 0 Å². The molecule has 0 bridgehead atoms. The van der Waals surface area contributed by atoms with E-state index < -0.39 is 0 Å². The lowest BCUT2D eigenvalue weighted by molar-refractivity contribution is 0.306. The molecule has 2 unspecified atom stereocenters. The Hall–Kier alpha value is -1.26. The summed E-state index contributed by atoms with van der Waals surface area (Å²) < 4.78 is 5.23. The van der Waals surface area contributed by atoms with Crippen molar-refractivity contribution in [1.29, 1.82) is 0 Å². The first kappa shape index (κ1) is 12.8. The third-order valence-electron chi connectivity index (χ3n) is 4.36. The quantitative estimate of drug-likeness (QED) is 0.868. The maximum atomic E-state index is 9.95. The maximum absolute atomic E-state index is 9.95. The Balaban J connectivity index is 1.68. The molecule has 104 valence electrons. The van der Waals surface area contributed by atoms with E-state index in [1.165, 1.54) is 12.8 Å². The van der Waals surface area contributed by atoms with Crippen molar-refractivity contribution in [3.8, 4) is 11.5 Å². The fourth-order valence-corrected chi connectivity index (χ4v) is 3.32. The highest BCUT2D eigenvalue weighted by Crippen LogP contribution is 2.29. The molecule has 0 aliphatic carbocycles. The number of rotatable bonds is 3. The summed E-state index contributed by atoms with van der Waals surface area (Å²) in [7, 11) is 1.66. The molecule has 3 rings (SSSR count). The molecule has 1 aromatic carbocycles. The van der Waals surface area contributed by atoms with E-state index in [1.807, 2.05) is 6.07 Å². The van der Waals surface area contributed by atoms with Crippen LogP contribution in [0.4, 0.5) is 0 Å². The minimum Gasteiger partial charge on any atom is -0.508 e. The molecule has 4 heteroatoms. The molecule has 0 saturated carbocycles. The van der Waals surface area contributed by atoms with Gasteiger partial charge in [0, 0.05) is 31.2 Å². The largest absolute Gasteiger partial charge is 0.508 e. The standard InChI is InChI=1S/C15H22N2O2/c1-19-13-4-5-15(18)12(7-13)9-17-8-11-3-2-6-16-14(11)10-17/h4-5,7,11,14,16,18H,2-3,6,8-10H2,1H3. The third-order valence-corrected chi connectivity index (χ3v) is 4.36. The number of fused-ring (bicyclic) bond motifs is 1. The second kappa shape index (κ2) is 5.39. The van der Waals surface area contributed by atoms with Gasteiger partial charge in [-0.25, -0.2) is 0 Å². The molecule has 0 aromatic heterocycles. The van der Waals surface area contributed by atoms with Gasteiger partial charge in [-0.3, -0.25) is 4.90 Å². The summed E-state index contributed by atoms with van der Waals surface area (Å²) in [6, 6.07) is 6.09. The zero-order chi connectivity index (χ0) is 13.2. The highest BCUT2D eigenvalue weighted by molar-refractivity contribution is 5.39. The topological polar surface area (TPSA) is 44.7 Å². The molecule has 2 heterocycles. The second-order valence-corrected chi connectivity index (χ2v) is 5.65. The number of likely N-dealkylation sites (tertiary alicyclic amines) is 1. The van der Waals surface area contributed by atoms with Crippen LogP contribution in [0.2, 0.25) is 0 Å². The second-order valence-electron chi connectivity index (χ2n) is 5.65. The Morgan fingerprint density at radius 1 is 1.42 bits per heavy atom. The van der Waals surface area contributed by atoms with Gasteiger partial charge in [0.1, 0.15) is 11.5 Å². The number of phenolic OH excluding ortho intramolecular Hbond substituents is 1. The van der Waals surface area contributed by atoms with Crippen molar-refractivity contribution in [2.24, 2.45) is 5.92 Å². The summed E-state index contributed by atoms with van der Waals surface area (Å²) in [5.41, 5.74) is 0.956. The minimum absolute atomic E-state index is 0.364. The summed E-state index contributed by atoms with van der Waals surface area (Å²) in [4.78, 5) is 2.43. The number of piperidine rings is 1. The first-order chi connectivity index (χ1) is 9.26. The average molecular weight is 262 g/mol. The number of methoxy groups -OCH3 is 1. The zero-order valence-corrected chi connectivity index (χ0v) is 11.4. The molecule has 1 aromatic rings. The molecule has 2 aliphatic rings. The van der Waals surface area contributed by atoms with Crippen LogP contribution in [-0.4, -0.2) is 42.8 Å². The van der Waals surface area contributed by atoms with Gasteiger partial charge in [0.25, 0.3) is 0 Å². The van der Waals surface area contributed by atoms with Crippen LogP contribution in [0.1, 0.15) is 18.4 Å². The number of nitrogens with one attached hydrogen (secondary N) is 1. The number of hydrogen-bond acceptors (Lipinski definition) is 4. The number of nitrogens with zero attached hydrogens (tertiary/aromatic N) is 1. The molecule has 2 N–H and O–H groups in total. The fourth-order valence-electron chi connectivity index (χ4n) is 3.32. The van der Waals surface area contributed by atoms with Gasteiger partial charge in [0.15, 0.2) is 0 Å². The maximum Gasteiger partial charge on any atom is 0.120 e. The van der Waals surface area contributed by atoms with Crippen LogP contribution in [0.5, 0.6) is 11.5 Å². The Bertz CT molecular complexity index is 436. The van der Waals surface area contributed by atoms with Crippen molar-refractivity contribution in [1.82, 2.24) is 10.2 Å². The van der Waals surface area contributed by atoms with E-state index in [4.69, 9.17) is 4.74 Å². The van der Waals surface area contributed by atoms with E-state index in [2.05, 4.69) is 10.2 Å². The lowest BCUT2D eigenvalue weighted by Gasteiger charge is -2.24. The number of hydrogen-bond donors (Lipinski definition) is 2. The lowest BCUT2D eigenvalue weighted by Crippen LogP contribution is -2.40. The summed E-state index contributed by atoms with van der Waals surface area (Å²) in [5.74, 6) is 1.95. The Labute approximate surface area is 114 Å². The molecule has 19 heavy (non-hydrogen) atoms. The fraction of sp³-hybridized carbons (Fsp3) is 0.600. The lowest BCUT2D eigenvalue weighted by atomic mass is 9.94. The normalized spacial score (nSPS) is 27.2. The van der Waals surface area contributed by atoms with E-state index in [-0.39, 0.29) is 0 Å². The minimum atomic E-state index is 0.364. The van der Waals surface area contributed by atoms with Gasteiger partial charge in [-0.1, -0.05) is 0 Å². The molecule has 0 amide bonds. The highest BCUT2D eigenvalue weighted by atomic mass is 16.5. The van der Waals surface area contributed by atoms with Gasteiger partial charge in [-0.05, 0) is 43.5 Å². The van der Waals surface area contributed by atoms with Crippen molar-refractivity contribution < 1.29 is 9.84 Å². The molecule has 2 fully saturated rings. The van der Waals surface area contributed by atoms with Crippen LogP contribution in [0, 0.1) is 5.92 Å². The van der Waals surface area contributed by atoms with Crippen molar-refractivity contribution >= 4 is 0 Å². The molecule has 2 saturated heterocycles. The van der Waals surface area contributed by atoms with Crippen molar-refractivity contribution in [2.45, 2.75) is 25.4 Å². The summed E-state index contributed by atoms with van der Waals surface area (Å²) in [6.07, 6.45) is 2.62. The van der Waals surface area contributed by atoms with Crippen molar-refractivity contribution in [3.63, 3.8) is 0 Å². The molecular weight excluding hydrogens is 240 g/mol. The van der Waals surface area contributed by atoms with Crippen LogP contribution in [-0.2, 0) is 6.54 Å². The van der Waals surface area contributed by atoms with Gasteiger partial charge in [0.05, 0.1) is 7.11 Å². The Kier molecular flexibility index (Phi) is 3.62. The van der Waals surface area contributed by atoms with Crippen molar-refractivity contribution in [2.75, 3.05) is 26.7 Å². The van der Waals surface area contributed by atoms with Gasteiger partial charge < -0.3 is 15.2 Å². The van der Waals surface area contributed by atoms with E-state index in [0.29, 0.717) is 11.8 Å². The van der Waals surface area contributed by atoms with Gasteiger partial charge in [-0.15, -0.1) is 0 Å². The predicted octanol–water partition coefficient (Wildman–Crippen LogP) is 1.58. The highest BCUT2D eigenvalue weighted by Gasteiger charge is 2.34. The molecule has 4 nitrogen and oxygen atoms in total. The van der Waals surface area contributed by atoms with Gasteiger partial charge >= 0.3 is 0 Å².